The van der Waals surface area contributed by atoms with Crippen LogP contribution in [0.2, 0.25) is 0 Å². The summed E-state index contributed by atoms with van der Waals surface area (Å²) in [6, 6.07) is 16.0. The second-order valence-electron chi connectivity index (χ2n) is 5.71. The molecule has 0 saturated carbocycles. The number of rotatable bonds is 5. The van der Waals surface area contributed by atoms with E-state index in [-0.39, 0.29) is 5.91 Å². The third kappa shape index (κ3) is 4.10. The van der Waals surface area contributed by atoms with Crippen LogP contribution in [0.4, 0.5) is 0 Å². The summed E-state index contributed by atoms with van der Waals surface area (Å²) in [6.07, 6.45) is -0.505. The van der Waals surface area contributed by atoms with E-state index < -0.39 is 6.10 Å². The van der Waals surface area contributed by atoms with Crippen molar-refractivity contribution in [2.24, 2.45) is 0 Å². The zero-order chi connectivity index (χ0) is 16.1. The summed E-state index contributed by atoms with van der Waals surface area (Å²) in [6.45, 7) is 6.38. The van der Waals surface area contributed by atoms with Crippen molar-refractivity contribution in [3.8, 4) is 5.75 Å². The molecule has 0 aromatic heterocycles. The SMILES string of the molecule is Cc1ccc(C)c(OC(C)C(=O)N(C)Cc2ccccc2)c1. The fourth-order valence-electron chi connectivity index (χ4n) is 2.32. The summed E-state index contributed by atoms with van der Waals surface area (Å²) in [5.41, 5.74) is 3.27. The lowest BCUT2D eigenvalue weighted by Crippen LogP contribution is -2.37. The van der Waals surface area contributed by atoms with Gasteiger partial charge in [0.15, 0.2) is 6.10 Å². The number of ether oxygens (including phenoxy) is 1. The fraction of sp³-hybridized carbons (Fsp3) is 0.316. The van der Waals surface area contributed by atoms with Crippen molar-refractivity contribution >= 4 is 5.91 Å². The summed E-state index contributed by atoms with van der Waals surface area (Å²) in [7, 11) is 1.80. The third-order valence-electron chi connectivity index (χ3n) is 3.63. The van der Waals surface area contributed by atoms with Crippen LogP contribution in [-0.4, -0.2) is 24.0 Å². The molecule has 0 saturated heterocycles. The van der Waals surface area contributed by atoms with Crippen molar-refractivity contribution in [3.63, 3.8) is 0 Å². The van der Waals surface area contributed by atoms with Gasteiger partial charge in [0.05, 0.1) is 0 Å². The predicted octanol–water partition coefficient (Wildman–Crippen LogP) is 3.73. The second-order valence-corrected chi connectivity index (χ2v) is 5.71. The van der Waals surface area contributed by atoms with E-state index >= 15 is 0 Å². The van der Waals surface area contributed by atoms with Gasteiger partial charge in [-0.2, -0.15) is 0 Å². The van der Waals surface area contributed by atoms with Gasteiger partial charge in [-0.15, -0.1) is 0 Å². The minimum absolute atomic E-state index is 0.0234. The van der Waals surface area contributed by atoms with E-state index in [0.29, 0.717) is 6.54 Å². The molecular formula is C19H23NO2. The summed E-state index contributed by atoms with van der Waals surface area (Å²) < 4.78 is 5.86. The predicted molar refractivity (Wildman–Crippen MR) is 88.9 cm³/mol. The molecular weight excluding hydrogens is 274 g/mol. The average Bonchev–Trinajstić information content (AvgIpc) is 2.51. The Morgan fingerprint density at radius 3 is 2.50 bits per heavy atom. The van der Waals surface area contributed by atoms with Gasteiger partial charge in [0.1, 0.15) is 5.75 Å². The van der Waals surface area contributed by atoms with Gasteiger partial charge in [-0.1, -0.05) is 42.5 Å². The topological polar surface area (TPSA) is 29.5 Å². The largest absolute Gasteiger partial charge is 0.481 e. The minimum atomic E-state index is -0.505. The van der Waals surface area contributed by atoms with E-state index in [4.69, 9.17) is 4.74 Å². The van der Waals surface area contributed by atoms with Gasteiger partial charge in [0.2, 0.25) is 0 Å². The Hall–Kier alpha value is -2.29. The van der Waals surface area contributed by atoms with Crippen LogP contribution >= 0.6 is 0 Å². The Kier molecular flexibility index (Phi) is 5.21. The standard InChI is InChI=1S/C19H23NO2/c1-14-10-11-15(2)18(12-14)22-16(3)19(21)20(4)13-17-8-6-5-7-9-17/h5-12,16H,13H2,1-4H3. The maximum absolute atomic E-state index is 12.4. The number of hydrogen-bond donors (Lipinski definition) is 0. The highest BCUT2D eigenvalue weighted by atomic mass is 16.5. The second kappa shape index (κ2) is 7.12. The summed E-state index contributed by atoms with van der Waals surface area (Å²) in [4.78, 5) is 14.1. The highest BCUT2D eigenvalue weighted by molar-refractivity contribution is 5.80. The van der Waals surface area contributed by atoms with Crippen molar-refractivity contribution in [1.82, 2.24) is 4.90 Å². The molecule has 0 radical (unpaired) electrons. The molecule has 0 spiro atoms. The number of nitrogens with zero attached hydrogens (tertiary/aromatic N) is 1. The van der Waals surface area contributed by atoms with E-state index in [0.717, 1.165) is 22.4 Å². The number of amides is 1. The third-order valence-corrected chi connectivity index (χ3v) is 3.63. The molecule has 116 valence electrons. The Balaban J connectivity index is 2.01. The molecule has 3 nitrogen and oxygen atoms in total. The van der Waals surface area contributed by atoms with Crippen molar-refractivity contribution < 1.29 is 9.53 Å². The van der Waals surface area contributed by atoms with Crippen molar-refractivity contribution in [3.05, 3.63) is 65.2 Å². The Morgan fingerprint density at radius 2 is 1.82 bits per heavy atom. The molecule has 22 heavy (non-hydrogen) atoms. The fourth-order valence-corrected chi connectivity index (χ4v) is 2.32. The van der Waals surface area contributed by atoms with E-state index in [2.05, 4.69) is 0 Å². The first kappa shape index (κ1) is 16.1. The smallest absolute Gasteiger partial charge is 0.263 e. The Labute approximate surface area is 132 Å². The van der Waals surface area contributed by atoms with E-state index in [1.54, 1.807) is 18.9 Å². The van der Waals surface area contributed by atoms with Crippen LogP contribution in [0.15, 0.2) is 48.5 Å². The first-order chi connectivity index (χ1) is 10.5. The number of carbonyl (C=O) groups is 1. The van der Waals surface area contributed by atoms with Crippen molar-refractivity contribution in [2.75, 3.05) is 7.05 Å². The van der Waals surface area contributed by atoms with Crippen LogP contribution in [-0.2, 0) is 11.3 Å². The molecule has 3 heteroatoms. The van der Waals surface area contributed by atoms with Crippen LogP contribution < -0.4 is 4.74 Å². The number of aryl methyl sites for hydroxylation is 2. The van der Waals surface area contributed by atoms with Gasteiger partial charge < -0.3 is 9.64 Å². The van der Waals surface area contributed by atoms with Crippen LogP contribution in [0, 0.1) is 13.8 Å². The maximum Gasteiger partial charge on any atom is 0.263 e. The van der Waals surface area contributed by atoms with Gasteiger partial charge in [-0.3, -0.25) is 4.79 Å². The maximum atomic E-state index is 12.4. The molecule has 2 aromatic carbocycles. The lowest BCUT2D eigenvalue weighted by molar-refractivity contribution is -0.137. The number of likely N-dealkylation sites (N-methyl/N-ethyl adjacent to an activating group) is 1. The molecule has 2 rings (SSSR count). The van der Waals surface area contributed by atoms with Crippen LogP contribution in [0.3, 0.4) is 0 Å². The normalized spacial score (nSPS) is 11.8. The quantitative estimate of drug-likeness (QED) is 0.841. The number of benzene rings is 2. The van der Waals surface area contributed by atoms with Gasteiger partial charge >= 0.3 is 0 Å². The highest BCUT2D eigenvalue weighted by Gasteiger charge is 2.20. The molecule has 0 bridgehead atoms. The van der Waals surface area contributed by atoms with Gasteiger partial charge in [0, 0.05) is 13.6 Å². The van der Waals surface area contributed by atoms with Crippen LogP contribution in [0.5, 0.6) is 5.75 Å². The molecule has 0 aliphatic rings. The zero-order valence-electron chi connectivity index (χ0n) is 13.7. The molecule has 0 aliphatic carbocycles. The monoisotopic (exact) mass is 297 g/mol. The van der Waals surface area contributed by atoms with Gasteiger partial charge in [0.25, 0.3) is 5.91 Å². The van der Waals surface area contributed by atoms with Crippen molar-refractivity contribution in [1.29, 1.82) is 0 Å². The van der Waals surface area contributed by atoms with Crippen LogP contribution in [0.25, 0.3) is 0 Å². The Morgan fingerprint density at radius 1 is 1.14 bits per heavy atom. The van der Waals surface area contributed by atoms with Crippen LogP contribution in [0.1, 0.15) is 23.6 Å². The van der Waals surface area contributed by atoms with Gasteiger partial charge in [-0.05, 0) is 43.5 Å². The molecule has 1 amide bonds. The van der Waals surface area contributed by atoms with E-state index in [1.807, 2.05) is 62.4 Å². The molecule has 2 aromatic rings. The average molecular weight is 297 g/mol. The minimum Gasteiger partial charge on any atom is -0.481 e. The first-order valence-electron chi connectivity index (χ1n) is 7.50. The first-order valence-corrected chi connectivity index (χ1v) is 7.50. The Bertz CT molecular complexity index is 637. The molecule has 0 aliphatic heterocycles. The summed E-state index contributed by atoms with van der Waals surface area (Å²) in [5, 5.41) is 0. The summed E-state index contributed by atoms with van der Waals surface area (Å²) >= 11 is 0. The summed E-state index contributed by atoms with van der Waals surface area (Å²) in [5.74, 6) is 0.749. The molecule has 0 heterocycles. The molecule has 1 unspecified atom stereocenters. The number of hydrogen-bond acceptors (Lipinski definition) is 2. The lowest BCUT2D eigenvalue weighted by atomic mass is 10.1. The number of carbonyl (C=O) groups excluding carboxylic acids is 1. The van der Waals surface area contributed by atoms with Crippen molar-refractivity contribution in [2.45, 2.75) is 33.4 Å². The van der Waals surface area contributed by atoms with E-state index in [1.165, 1.54) is 0 Å². The zero-order valence-corrected chi connectivity index (χ0v) is 13.7. The molecule has 0 N–H and O–H groups in total. The highest BCUT2D eigenvalue weighted by Crippen LogP contribution is 2.21. The molecule has 0 fully saturated rings. The molecule has 1 atom stereocenters. The van der Waals surface area contributed by atoms with E-state index in [9.17, 15) is 4.79 Å². The lowest BCUT2D eigenvalue weighted by Gasteiger charge is -2.23. The van der Waals surface area contributed by atoms with Gasteiger partial charge in [-0.25, -0.2) is 0 Å².